The summed E-state index contributed by atoms with van der Waals surface area (Å²) in [6.45, 7) is 1.91. The maximum absolute atomic E-state index is 12.4. The molecule has 0 radical (unpaired) electrons. The van der Waals surface area contributed by atoms with Gasteiger partial charge >= 0.3 is 0 Å². The zero-order valence-corrected chi connectivity index (χ0v) is 13.7. The molecule has 0 aliphatic heterocycles. The number of amides is 1. The quantitative estimate of drug-likeness (QED) is 0.871. The molecule has 0 aliphatic carbocycles. The number of nitrogens with two attached hydrogens (primary N) is 1. The smallest absolute Gasteiger partial charge is 0.253 e. The van der Waals surface area contributed by atoms with Crippen molar-refractivity contribution in [3.63, 3.8) is 0 Å². The van der Waals surface area contributed by atoms with Crippen molar-refractivity contribution in [2.75, 3.05) is 7.05 Å². The van der Waals surface area contributed by atoms with Crippen LogP contribution in [0.3, 0.4) is 0 Å². The molecule has 1 amide bonds. The molecule has 8 heteroatoms. The zero-order chi connectivity index (χ0) is 17.0. The van der Waals surface area contributed by atoms with Gasteiger partial charge in [-0.1, -0.05) is 0 Å². The van der Waals surface area contributed by atoms with Crippen LogP contribution in [0.2, 0.25) is 0 Å². The highest BCUT2D eigenvalue weighted by Crippen LogP contribution is 2.13. The summed E-state index contributed by atoms with van der Waals surface area (Å²) in [5.41, 5.74) is 1.19. The van der Waals surface area contributed by atoms with Crippen LogP contribution < -0.4 is 5.14 Å². The number of primary sulfonamides is 1. The Morgan fingerprint density at radius 3 is 2.43 bits per heavy atom. The summed E-state index contributed by atoms with van der Waals surface area (Å²) < 4.78 is 22.5. The van der Waals surface area contributed by atoms with Gasteiger partial charge in [0.05, 0.1) is 10.6 Å². The molecular formula is C15H18N4O3S. The summed E-state index contributed by atoms with van der Waals surface area (Å²) in [6.07, 6.45) is 5.44. The maximum Gasteiger partial charge on any atom is 0.253 e. The second-order valence-corrected chi connectivity index (χ2v) is 6.80. The van der Waals surface area contributed by atoms with Crippen molar-refractivity contribution in [1.82, 2.24) is 14.9 Å². The normalized spacial score (nSPS) is 12.7. The van der Waals surface area contributed by atoms with E-state index in [-0.39, 0.29) is 16.8 Å². The summed E-state index contributed by atoms with van der Waals surface area (Å²) >= 11 is 0. The van der Waals surface area contributed by atoms with Gasteiger partial charge in [0.25, 0.3) is 5.91 Å². The molecule has 1 aromatic heterocycles. The van der Waals surface area contributed by atoms with Crippen molar-refractivity contribution in [2.45, 2.75) is 24.3 Å². The van der Waals surface area contributed by atoms with E-state index in [1.54, 1.807) is 30.5 Å². The Labute approximate surface area is 135 Å². The van der Waals surface area contributed by atoms with Gasteiger partial charge in [-0.2, -0.15) is 0 Å². The van der Waals surface area contributed by atoms with Crippen LogP contribution in [-0.2, 0) is 16.4 Å². The number of sulfonamides is 1. The van der Waals surface area contributed by atoms with E-state index in [1.165, 1.54) is 24.3 Å². The molecule has 1 atom stereocenters. The summed E-state index contributed by atoms with van der Waals surface area (Å²) in [5, 5.41) is 5.04. The Kier molecular flexibility index (Phi) is 5.07. The van der Waals surface area contributed by atoms with Crippen LogP contribution in [0, 0.1) is 0 Å². The van der Waals surface area contributed by atoms with E-state index in [4.69, 9.17) is 5.14 Å². The van der Waals surface area contributed by atoms with Crippen LogP contribution in [0.1, 0.15) is 23.0 Å². The molecule has 7 nitrogen and oxygen atoms in total. The SMILES string of the molecule is CC(Cc1cnccn1)N(C)C(=O)c1ccc(S(N)(=O)=O)cc1. The summed E-state index contributed by atoms with van der Waals surface area (Å²) in [7, 11) is -2.07. The fraction of sp³-hybridized carbons (Fsp3) is 0.267. The third kappa shape index (κ3) is 4.33. The summed E-state index contributed by atoms with van der Waals surface area (Å²) in [4.78, 5) is 22.2. The monoisotopic (exact) mass is 334 g/mol. The molecule has 0 aliphatic rings. The second-order valence-electron chi connectivity index (χ2n) is 5.24. The molecule has 1 aromatic carbocycles. The van der Waals surface area contributed by atoms with Crippen LogP contribution in [-0.4, -0.2) is 42.3 Å². The predicted octanol–water partition coefficient (Wildman–Crippen LogP) is 0.827. The van der Waals surface area contributed by atoms with Crippen molar-refractivity contribution in [3.8, 4) is 0 Å². The highest BCUT2D eigenvalue weighted by molar-refractivity contribution is 7.89. The van der Waals surface area contributed by atoms with Gasteiger partial charge in [-0.15, -0.1) is 0 Å². The number of rotatable bonds is 5. The van der Waals surface area contributed by atoms with E-state index in [9.17, 15) is 13.2 Å². The molecule has 1 heterocycles. The molecular weight excluding hydrogens is 316 g/mol. The van der Waals surface area contributed by atoms with Crippen molar-refractivity contribution in [3.05, 3.63) is 54.1 Å². The number of nitrogens with zero attached hydrogens (tertiary/aromatic N) is 3. The average molecular weight is 334 g/mol. The summed E-state index contributed by atoms with van der Waals surface area (Å²) in [5.74, 6) is -0.206. The first kappa shape index (κ1) is 17.0. The fourth-order valence-corrected chi connectivity index (χ4v) is 2.58. The topological polar surface area (TPSA) is 106 Å². The van der Waals surface area contributed by atoms with Gasteiger partial charge in [0.15, 0.2) is 0 Å². The van der Waals surface area contributed by atoms with E-state index in [0.717, 1.165) is 5.69 Å². The first-order chi connectivity index (χ1) is 10.8. The van der Waals surface area contributed by atoms with E-state index in [0.29, 0.717) is 12.0 Å². The predicted molar refractivity (Wildman–Crippen MR) is 85.1 cm³/mol. The van der Waals surface area contributed by atoms with Gasteiger partial charge in [-0.25, -0.2) is 13.6 Å². The molecule has 0 fully saturated rings. The van der Waals surface area contributed by atoms with Crippen molar-refractivity contribution < 1.29 is 13.2 Å². The molecule has 0 bridgehead atoms. The Balaban J connectivity index is 2.10. The third-order valence-electron chi connectivity index (χ3n) is 3.53. The second kappa shape index (κ2) is 6.84. The highest BCUT2D eigenvalue weighted by Gasteiger charge is 2.19. The summed E-state index contributed by atoms with van der Waals surface area (Å²) in [6, 6.07) is 5.46. The molecule has 2 rings (SSSR count). The van der Waals surface area contributed by atoms with Crippen LogP contribution in [0.5, 0.6) is 0 Å². The first-order valence-electron chi connectivity index (χ1n) is 6.94. The third-order valence-corrected chi connectivity index (χ3v) is 4.46. The van der Waals surface area contributed by atoms with Gasteiger partial charge in [-0.05, 0) is 31.2 Å². The Bertz CT molecular complexity index is 776. The standard InChI is InChI=1S/C15H18N4O3S/c1-11(9-13-10-17-7-8-18-13)19(2)15(20)12-3-5-14(6-4-12)23(16,21)22/h3-8,10-11H,9H2,1-2H3,(H2,16,21,22). The maximum atomic E-state index is 12.4. The van der Waals surface area contributed by atoms with Crippen molar-refractivity contribution in [1.29, 1.82) is 0 Å². The van der Waals surface area contributed by atoms with Crippen LogP contribution >= 0.6 is 0 Å². The van der Waals surface area contributed by atoms with Crippen LogP contribution in [0.4, 0.5) is 0 Å². The van der Waals surface area contributed by atoms with E-state index >= 15 is 0 Å². The minimum absolute atomic E-state index is 0.0238. The van der Waals surface area contributed by atoms with E-state index in [1.807, 2.05) is 6.92 Å². The number of carbonyl (C=O) groups is 1. The highest BCUT2D eigenvalue weighted by atomic mass is 32.2. The zero-order valence-electron chi connectivity index (χ0n) is 12.9. The minimum Gasteiger partial charge on any atom is -0.339 e. The number of carbonyl (C=O) groups excluding carboxylic acids is 1. The number of aromatic nitrogens is 2. The van der Waals surface area contributed by atoms with E-state index in [2.05, 4.69) is 9.97 Å². The lowest BCUT2D eigenvalue weighted by Gasteiger charge is -2.24. The molecule has 1 unspecified atom stereocenters. The Morgan fingerprint density at radius 1 is 1.26 bits per heavy atom. The van der Waals surface area contributed by atoms with Gasteiger partial charge < -0.3 is 4.90 Å². The molecule has 0 spiro atoms. The van der Waals surface area contributed by atoms with Gasteiger partial charge in [0, 0.05) is 43.7 Å². The number of hydrogen-bond donors (Lipinski definition) is 1. The number of benzene rings is 1. The average Bonchev–Trinajstić information content (AvgIpc) is 2.53. The largest absolute Gasteiger partial charge is 0.339 e. The van der Waals surface area contributed by atoms with E-state index < -0.39 is 10.0 Å². The lowest BCUT2D eigenvalue weighted by atomic mass is 10.1. The van der Waals surface area contributed by atoms with Crippen LogP contribution in [0.25, 0.3) is 0 Å². The lowest BCUT2D eigenvalue weighted by Crippen LogP contribution is -2.36. The molecule has 2 N–H and O–H groups in total. The Morgan fingerprint density at radius 2 is 1.91 bits per heavy atom. The van der Waals surface area contributed by atoms with Gasteiger partial charge in [0.1, 0.15) is 0 Å². The molecule has 0 saturated heterocycles. The molecule has 2 aromatic rings. The Hall–Kier alpha value is -2.32. The van der Waals surface area contributed by atoms with Crippen molar-refractivity contribution in [2.24, 2.45) is 5.14 Å². The van der Waals surface area contributed by atoms with Crippen molar-refractivity contribution >= 4 is 15.9 Å². The first-order valence-corrected chi connectivity index (χ1v) is 8.48. The number of likely N-dealkylation sites (N-methyl/N-ethyl adjacent to an activating group) is 1. The number of hydrogen-bond acceptors (Lipinski definition) is 5. The minimum atomic E-state index is -3.76. The van der Waals surface area contributed by atoms with Crippen LogP contribution in [0.15, 0.2) is 47.8 Å². The molecule has 23 heavy (non-hydrogen) atoms. The molecule has 0 saturated carbocycles. The fourth-order valence-electron chi connectivity index (χ4n) is 2.07. The molecule has 122 valence electrons. The van der Waals surface area contributed by atoms with Gasteiger partial charge in [-0.3, -0.25) is 14.8 Å². The van der Waals surface area contributed by atoms with Gasteiger partial charge in [0.2, 0.25) is 10.0 Å². The lowest BCUT2D eigenvalue weighted by molar-refractivity contribution is 0.0742.